The number of nitrogens with zero attached hydrogens (tertiary/aromatic N) is 4. The molecule has 0 aromatic carbocycles. The summed E-state index contributed by atoms with van der Waals surface area (Å²) in [5.41, 5.74) is 2.44. The van der Waals surface area contributed by atoms with Gasteiger partial charge in [-0.05, 0) is 51.0 Å². The molecule has 1 fully saturated rings. The molecule has 1 amide bonds. The average Bonchev–Trinajstić information content (AvgIpc) is 3.34. The van der Waals surface area contributed by atoms with Crippen molar-refractivity contribution in [1.29, 1.82) is 0 Å². The fourth-order valence-corrected chi connectivity index (χ4v) is 3.70. The molecule has 7 nitrogen and oxygen atoms in total. The first kappa shape index (κ1) is 19.1. The molecule has 1 atom stereocenters. The van der Waals surface area contributed by atoms with Crippen molar-refractivity contribution in [3.8, 4) is 0 Å². The predicted octanol–water partition coefficient (Wildman–Crippen LogP) is 4.36. The summed E-state index contributed by atoms with van der Waals surface area (Å²) in [6, 6.07) is 11.6. The third-order valence-corrected chi connectivity index (χ3v) is 5.11. The van der Waals surface area contributed by atoms with Crippen LogP contribution in [0.5, 0.6) is 0 Å². The Labute approximate surface area is 170 Å². The monoisotopic (exact) mass is 391 g/mol. The minimum Gasteiger partial charge on any atom is -0.435 e. The van der Waals surface area contributed by atoms with Crippen molar-refractivity contribution in [2.75, 3.05) is 11.9 Å². The van der Waals surface area contributed by atoms with Gasteiger partial charge in [0.15, 0.2) is 5.89 Å². The van der Waals surface area contributed by atoms with Crippen LogP contribution >= 0.6 is 0 Å². The van der Waals surface area contributed by atoms with Gasteiger partial charge < -0.3 is 14.6 Å². The average molecular weight is 391 g/mol. The van der Waals surface area contributed by atoms with Gasteiger partial charge in [-0.2, -0.15) is 0 Å². The fraction of sp³-hybridized carbons (Fsp3) is 0.364. The molecular formula is C22H25N5O2. The highest BCUT2D eigenvalue weighted by Crippen LogP contribution is 2.33. The highest BCUT2D eigenvalue weighted by atomic mass is 16.4. The van der Waals surface area contributed by atoms with Gasteiger partial charge >= 0.3 is 0 Å². The summed E-state index contributed by atoms with van der Waals surface area (Å²) in [5.74, 6) is 2.28. The Morgan fingerprint density at radius 3 is 2.62 bits per heavy atom. The van der Waals surface area contributed by atoms with Crippen LogP contribution in [0.15, 0.2) is 40.8 Å². The van der Waals surface area contributed by atoms with E-state index in [4.69, 9.17) is 9.40 Å². The number of anilines is 2. The Balaban J connectivity index is 1.57. The molecule has 29 heavy (non-hydrogen) atoms. The number of hydrogen-bond acceptors (Lipinski definition) is 6. The van der Waals surface area contributed by atoms with Gasteiger partial charge in [-0.25, -0.2) is 15.0 Å². The molecule has 1 N–H and O–H groups in total. The van der Waals surface area contributed by atoms with E-state index in [0.717, 1.165) is 30.0 Å². The molecule has 0 saturated carbocycles. The van der Waals surface area contributed by atoms with E-state index in [9.17, 15) is 4.79 Å². The predicted molar refractivity (Wildman–Crippen MR) is 110 cm³/mol. The number of oxazole rings is 1. The Morgan fingerprint density at radius 1 is 1.14 bits per heavy atom. The standard InChI is InChI=1S/C22H25N5O2/c1-4-20-24-15(3)21(29-20)22(28)27-13-7-10-17(27)16-9-6-12-19(25-16)26-18-11-5-8-14(2)23-18/h5-6,8-9,11-12,17H,4,7,10,13H2,1-3H3,(H,23,25,26)/t17-/m0/s1. The second-order valence-electron chi connectivity index (χ2n) is 7.27. The number of carbonyl (C=O) groups is 1. The third kappa shape index (κ3) is 3.99. The summed E-state index contributed by atoms with van der Waals surface area (Å²) < 4.78 is 5.69. The van der Waals surface area contributed by atoms with Crippen LogP contribution in [0.4, 0.5) is 11.6 Å². The van der Waals surface area contributed by atoms with Crippen LogP contribution in [0, 0.1) is 13.8 Å². The van der Waals surface area contributed by atoms with Crippen LogP contribution in [0.1, 0.15) is 59.3 Å². The maximum Gasteiger partial charge on any atom is 0.292 e. The molecule has 3 aromatic rings. The van der Waals surface area contributed by atoms with Crippen molar-refractivity contribution < 1.29 is 9.21 Å². The van der Waals surface area contributed by atoms with Crippen molar-refractivity contribution in [3.63, 3.8) is 0 Å². The zero-order chi connectivity index (χ0) is 20.4. The summed E-state index contributed by atoms with van der Waals surface area (Å²) in [7, 11) is 0. The minimum absolute atomic E-state index is 0.0794. The summed E-state index contributed by atoms with van der Waals surface area (Å²) >= 11 is 0. The Bertz CT molecular complexity index is 1030. The lowest BCUT2D eigenvalue weighted by Gasteiger charge is -2.24. The van der Waals surface area contributed by atoms with Gasteiger partial charge in [0.1, 0.15) is 11.6 Å². The van der Waals surface area contributed by atoms with Crippen molar-refractivity contribution in [2.24, 2.45) is 0 Å². The quantitative estimate of drug-likeness (QED) is 0.695. The zero-order valence-electron chi connectivity index (χ0n) is 17.0. The molecule has 0 radical (unpaired) electrons. The number of carbonyl (C=O) groups excluding carboxylic acids is 1. The molecule has 4 heterocycles. The van der Waals surface area contributed by atoms with Gasteiger partial charge in [-0.3, -0.25) is 4.79 Å². The summed E-state index contributed by atoms with van der Waals surface area (Å²) in [6.45, 7) is 6.42. The smallest absolute Gasteiger partial charge is 0.292 e. The first-order valence-electron chi connectivity index (χ1n) is 10.00. The molecule has 7 heteroatoms. The highest BCUT2D eigenvalue weighted by molar-refractivity contribution is 5.93. The minimum atomic E-state index is -0.113. The first-order valence-corrected chi connectivity index (χ1v) is 10.00. The summed E-state index contributed by atoms with van der Waals surface area (Å²) in [6.07, 6.45) is 2.47. The molecule has 1 aliphatic rings. The number of rotatable bonds is 5. The maximum atomic E-state index is 13.1. The number of hydrogen-bond donors (Lipinski definition) is 1. The molecule has 0 bridgehead atoms. The molecule has 150 valence electrons. The third-order valence-electron chi connectivity index (χ3n) is 5.11. The summed E-state index contributed by atoms with van der Waals surface area (Å²) in [5, 5.41) is 3.25. The Morgan fingerprint density at radius 2 is 1.90 bits per heavy atom. The van der Waals surface area contributed by atoms with E-state index < -0.39 is 0 Å². The van der Waals surface area contributed by atoms with Crippen molar-refractivity contribution in [3.05, 3.63) is 65.1 Å². The number of pyridine rings is 2. The van der Waals surface area contributed by atoms with Gasteiger partial charge in [0.2, 0.25) is 5.76 Å². The fourth-order valence-electron chi connectivity index (χ4n) is 3.70. The molecule has 0 spiro atoms. The highest BCUT2D eigenvalue weighted by Gasteiger charge is 2.34. The van der Waals surface area contributed by atoms with Gasteiger partial charge in [-0.1, -0.05) is 19.1 Å². The largest absolute Gasteiger partial charge is 0.435 e. The summed E-state index contributed by atoms with van der Waals surface area (Å²) in [4.78, 5) is 28.5. The lowest BCUT2D eigenvalue weighted by molar-refractivity contribution is 0.0697. The van der Waals surface area contributed by atoms with Crippen molar-refractivity contribution in [1.82, 2.24) is 19.9 Å². The van der Waals surface area contributed by atoms with Gasteiger partial charge in [0.05, 0.1) is 17.4 Å². The van der Waals surface area contributed by atoms with Gasteiger partial charge in [0.25, 0.3) is 5.91 Å². The molecule has 0 unspecified atom stereocenters. The van der Waals surface area contributed by atoms with Crippen LogP contribution in [0.2, 0.25) is 0 Å². The van der Waals surface area contributed by atoms with Crippen LogP contribution in [0.25, 0.3) is 0 Å². The number of aryl methyl sites for hydroxylation is 3. The lowest BCUT2D eigenvalue weighted by atomic mass is 10.1. The first-order chi connectivity index (χ1) is 14.0. The van der Waals surface area contributed by atoms with E-state index in [0.29, 0.717) is 36.1 Å². The van der Waals surface area contributed by atoms with E-state index in [-0.39, 0.29) is 11.9 Å². The zero-order valence-corrected chi connectivity index (χ0v) is 17.0. The molecule has 3 aromatic heterocycles. The van der Waals surface area contributed by atoms with Gasteiger partial charge in [0, 0.05) is 18.7 Å². The van der Waals surface area contributed by atoms with Crippen LogP contribution in [0.3, 0.4) is 0 Å². The van der Waals surface area contributed by atoms with E-state index in [1.54, 1.807) is 0 Å². The molecule has 1 saturated heterocycles. The molecular weight excluding hydrogens is 366 g/mol. The van der Waals surface area contributed by atoms with Crippen molar-refractivity contribution >= 4 is 17.5 Å². The number of amides is 1. The van der Waals surface area contributed by atoms with E-state index in [1.165, 1.54) is 0 Å². The lowest BCUT2D eigenvalue weighted by Crippen LogP contribution is -2.31. The number of likely N-dealkylation sites (tertiary alicyclic amines) is 1. The van der Waals surface area contributed by atoms with E-state index in [1.807, 2.05) is 62.1 Å². The normalized spacial score (nSPS) is 16.2. The van der Waals surface area contributed by atoms with Crippen LogP contribution in [-0.2, 0) is 6.42 Å². The van der Waals surface area contributed by atoms with E-state index in [2.05, 4.69) is 15.3 Å². The second-order valence-corrected chi connectivity index (χ2v) is 7.27. The van der Waals surface area contributed by atoms with E-state index >= 15 is 0 Å². The SMILES string of the molecule is CCc1nc(C)c(C(=O)N2CCC[C@H]2c2cccc(Nc3cccc(C)n3)n2)o1. The Hall–Kier alpha value is -3.22. The number of aromatic nitrogens is 3. The van der Waals surface area contributed by atoms with Gasteiger partial charge in [-0.15, -0.1) is 0 Å². The Kier molecular flexibility index (Phi) is 5.29. The molecule has 4 rings (SSSR count). The van der Waals surface area contributed by atoms with Crippen molar-refractivity contribution in [2.45, 2.75) is 46.1 Å². The number of nitrogens with one attached hydrogen (secondary N) is 1. The molecule has 1 aliphatic heterocycles. The van der Waals surface area contributed by atoms with Crippen LogP contribution < -0.4 is 5.32 Å². The topological polar surface area (TPSA) is 84.2 Å². The second kappa shape index (κ2) is 8.03. The molecule has 0 aliphatic carbocycles. The van der Waals surface area contributed by atoms with Crippen LogP contribution in [-0.4, -0.2) is 32.3 Å². The maximum absolute atomic E-state index is 13.1.